The summed E-state index contributed by atoms with van der Waals surface area (Å²) in [5.74, 6) is 1.63. The number of hydrogen-bond donors (Lipinski definition) is 1. The van der Waals surface area contributed by atoms with Crippen molar-refractivity contribution >= 4 is 16.5 Å². The molecule has 1 aromatic rings. The summed E-state index contributed by atoms with van der Waals surface area (Å²) in [6, 6.07) is 0. The number of hydrogen-bond acceptors (Lipinski definition) is 4. The van der Waals surface area contributed by atoms with E-state index in [0.29, 0.717) is 0 Å². The Labute approximate surface area is 120 Å². The van der Waals surface area contributed by atoms with E-state index in [1.807, 2.05) is 18.4 Å². The highest BCUT2D eigenvalue weighted by Crippen LogP contribution is 2.44. The summed E-state index contributed by atoms with van der Waals surface area (Å²) in [6.07, 6.45) is 6.73. The summed E-state index contributed by atoms with van der Waals surface area (Å²) in [4.78, 5) is 8.99. The van der Waals surface area contributed by atoms with Gasteiger partial charge in [0.15, 0.2) is 5.13 Å². The van der Waals surface area contributed by atoms with Crippen LogP contribution in [0.2, 0.25) is 0 Å². The smallest absolute Gasteiger partial charge is 0.185 e. The second-order valence-electron chi connectivity index (χ2n) is 5.97. The average Bonchev–Trinajstić information content (AvgIpc) is 3.21. The van der Waals surface area contributed by atoms with Crippen LogP contribution < -0.4 is 10.2 Å². The maximum absolute atomic E-state index is 4.99. The van der Waals surface area contributed by atoms with Crippen molar-refractivity contribution in [1.29, 1.82) is 0 Å². The predicted molar refractivity (Wildman–Crippen MR) is 82.1 cm³/mol. The molecular formula is C15H25N3S. The molecule has 1 saturated carbocycles. The van der Waals surface area contributed by atoms with Gasteiger partial charge in [0.05, 0.1) is 5.69 Å². The summed E-state index contributed by atoms with van der Waals surface area (Å²) < 4.78 is 0. The molecule has 1 N–H and O–H groups in total. The number of rotatable bonds is 5. The molecule has 0 radical (unpaired) electrons. The molecule has 19 heavy (non-hydrogen) atoms. The summed E-state index contributed by atoms with van der Waals surface area (Å²) in [5, 5.41) is 4.58. The lowest BCUT2D eigenvalue weighted by molar-refractivity contribution is 0.404. The summed E-state index contributed by atoms with van der Waals surface area (Å²) in [7, 11) is 2.03. The molecule has 3 rings (SSSR count). The van der Waals surface area contributed by atoms with Crippen molar-refractivity contribution in [2.24, 2.45) is 5.92 Å². The molecule has 1 unspecified atom stereocenters. The first-order valence-electron chi connectivity index (χ1n) is 7.71. The minimum absolute atomic E-state index is 0.764. The van der Waals surface area contributed by atoms with E-state index in [-0.39, 0.29) is 0 Å². The molecule has 106 valence electrons. The Morgan fingerprint density at radius 1 is 1.37 bits per heavy atom. The fourth-order valence-electron chi connectivity index (χ4n) is 3.02. The maximum Gasteiger partial charge on any atom is 0.185 e. The Morgan fingerprint density at radius 3 is 2.89 bits per heavy atom. The predicted octanol–water partition coefficient (Wildman–Crippen LogP) is 3.37. The van der Waals surface area contributed by atoms with Crippen LogP contribution in [-0.4, -0.2) is 25.1 Å². The van der Waals surface area contributed by atoms with Gasteiger partial charge >= 0.3 is 0 Å². The third kappa shape index (κ3) is 2.95. The highest BCUT2D eigenvalue weighted by Gasteiger charge is 2.31. The van der Waals surface area contributed by atoms with Crippen molar-refractivity contribution < 1.29 is 0 Å². The van der Waals surface area contributed by atoms with Gasteiger partial charge in [-0.2, -0.15) is 0 Å². The molecule has 2 aliphatic rings. The van der Waals surface area contributed by atoms with Gasteiger partial charge in [-0.25, -0.2) is 4.98 Å². The van der Waals surface area contributed by atoms with Gasteiger partial charge in [-0.1, -0.05) is 13.3 Å². The van der Waals surface area contributed by atoms with Crippen LogP contribution in [0.1, 0.15) is 55.5 Å². The quantitative estimate of drug-likeness (QED) is 0.895. The molecule has 2 heterocycles. The lowest BCUT2D eigenvalue weighted by Gasteiger charge is -2.31. The molecule has 0 aromatic carbocycles. The number of nitrogens with one attached hydrogen (secondary N) is 1. The second kappa shape index (κ2) is 5.80. The lowest BCUT2D eigenvalue weighted by Crippen LogP contribution is -2.35. The van der Waals surface area contributed by atoms with Crippen LogP contribution in [-0.2, 0) is 6.54 Å². The monoisotopic (exact) mass is 279 g/mol. The zero-order valence-corrected chi connectivity index (χ0v) is 12.9. The van der Waals surface area contributed by atoms with Crippen LogP contribution in [0.5, 0.6) is 0 Å². The first-order chi connectivity index (χ1) is 9.31. The average molecular weight is 279 g/mol. The fraction of sp³-hybridized carbons (Fsp3) is 0.800. The van der Waals surface area contributed by atoms with Crippen molar-refractivity contribution in [3.63, 3.8) is 0 Å². The van der Waals surface area contributed by atoms with Crippen molar-refractivity contribution in [2.45, 2.75) is 51.5 Å². The van der Waals surface area contributed by atoms with E-state index in [0.717, 1.165) is 18.4 Å². The number of thiazole rings is 1. The highest BCUT2D eigenvalue weighted by atomic mass is 32.1. The molecular weight excluding hydrogens is 254 g/mol. The van der Waals surface area contributed by atoms with Crippen molar-refractivity contribution in [1.82, 2.24) is 10.3 Å². The van der Waals surface area contributed by atoms with E-state index in [9.17, 15) is 0 Å². The number of aromatic nitrogens is 1. The van der Waals surface area contributed by atoms with E-state index in [1.54, 1.807) is 0 Å². The Kier molecular flexibility index (Phi) is 4.08. The van der Waals surface area contributed by atoms with Crippen molar-refractivity contribution in [3.05, 3.63) is 10.6 Å². The van der Waals surface area contributed by atoms with E-state index >= 15 is 0 Å². The summed E-state index contributed by atoms with van der Waals surface area (Å²) >= 11 is 1.92. The van der Waals surface area contributed by atoms with Gasteiger partial charge in [0.1, 0.15) is 0 Å². The van der Waals surface area contributed by atoms with Gasteiger partial charge in [0.25, 0.3) is 0 Å². The largest absolute Gasteiger partial charge is 0.348 e. The third-order valence-electron chi connectivity index (χ3n) is 4.38. The molecule has 0 amide bonds. The number of anilines is 1. The normalized spacial score (nSPS) is 23.9. The van der Waals surface area contributed by atoms with Crippen LogP contribution in [0.15, 0.2) is 0 Å². The molecule has 3 nitrogen and oxygen atoms in total. The second-order valence-corrected chi connectivity index (χ2v) is 7.03. The van der Waals surface area contributed by atoms with Gasteiger partial charge < -0.3 is 10.2 Å². The standard InChI is InChI=1S/C15H25N3S/c1-3-11-5-4-8-18(10-11)15-17-14(12-6-7-12)13(19-15)9-16-2/h11-12,16H,3-10H2,1-2H3. The summed E-state index contributed by atoms with van der Waals surface area (Å²) in [5.41, 5.74) is 1.40. The minimum Gasteiger partial charge on any atom is -0.348 e. The third-order valence-corrected chi connectivity index (χ3v) is 5.52. The van der Waals surface area contributed by atoms with Crippen LogP contribution in [0.3, 0.4) is 0 Å². The molecule has 4 heteroatoms. The molecule has 1 saturated heterocycles. The van der Waals surface area contributed by atoms with E-state index in [1.165, 1.54) is 60.9 Å². The highest BCUT2D eigenvalue weighted by molar-refractivity contribution is 7.15. The molecule has 1 atom stereocenters. The first kappa shape index (κ1) is 13.4. The SMILES string of the molecule is CCC1CCCN(c2nc(C3CC3)c(CNC)s2)C1. The van der Waals surface area contributed by atoms with E-state index in [2.05, 4.69) is 17.1 Å². The van der Waals surface area contributed by atoms with Crippen molar-refractivity contribution in [2.75, 3.05) is 25.0 Å². The fourth-order valence-corrected chi connectivity index (χ4v) is 4.21. The van der Waals surface area contributed by atoms with Gasteiger partial charge in [-0.15, -0.1) is 11.3 Å². The first-order valence-corrected chi connectivity index (χ1v) is 8.52. The molecule has 1 aliphatic heterocycles. The van der Waals surface area contributed by atoms with Crippen LogP contribution in [0.25, 0.3) is 0 Å². The zero-order chi connectivity index (χ0) is 13.2. The van der Waals surface area contributed by atoms with Gasteiger partial charge in [0, 0.05) is 30.4 Å². The molecule has 0 spiro atoms. The minimum atomic E-state index is 0.764. The molecule has 2 fully saturated rings. The lowest BCUT2D eigenvalue weighted by atomic mass is 9.96. The Morgan fingerprint density at radius 2 is 2.21 bits per heavy atom. The molecule has 0 bridgehead atoms. The van der Waals surface area contributed by atoms with Gasteiger partial charge in [0.2, 0.25) is 0 Å². The number of nitrogens with zero attached hydrogens (tertiary/aromatic N) is 2. The van der Waals surface area contributed by atoms with Crippen LogP contribution in [0, 0.1) is 5.92 Å². The van der Waals surface area contributed by atoms with Crippen molar-refractivity contribution in [3.8, 4) is 0 Å². The van der Waals surface area contributed by atoms with E-state index in [4.69, 9.17) is 4.98 Å². The van der Waals surface area contributed by atoms with Crippen LogP contribution in [0.4, 0.5) is 5.13 Å². The van der Waals surface area contributed by atoms with Crippen LogP contribution >= 0.6 is 11.3 Å². The Bertz CT molecular complexity index is 425. The Balaban J connectivity index is 1.77. The molecule has 1 aromatic heterocycles. The van der Waals surface area contributed by atoms with Gasteiger partial charge in [-0.05, 0) is 38.6 Å². The summed E-state index contributed by atoms with van der Waals surface area (Å²) in [6.45, 7) is 5.72. The van der Waals surface area contributed by atoms with E-state index < -0.39 is 0 Å². The number of piperidine rings is 1. The Hall–Kier alpha value is -0.610. The topological polar surface area (TPSA) is 28.2 Å². The van der Waals surface area contributed by atoms with Gasteiger partial charge in [-0.3, -0.25) is 0 Å². The zero-order valence-electron chi connectivity index (χ0n) is 12.1. The maximum atomic E-state index is 4.99. The molecule has 1 aliphatic carbocycles.